The lowest BCUT2D eigenvalue weighted by Gasteiger charge is -2.09. The van der Waals surface area contributed by atoms with Crippen LogP contribution in [0, 0.1) is 0 Å². The van der Waals surface area contributed by atoms with E-state index in [0.29, 0.717) is 28.6 Å². The van der Waals surface area contributed by atoms with Crippen LogP contribution in [0.1, 0.15) is 5.56 Å². The van der Waals surface area contributed by atoms with Gasteiger partial charge in [-0.2, -0.15) is 5.10 Å². The number of amides is 1. The normalized spacial score (nSPS) is 10.4. The van der Waals surface area contributed by atoms with Crippen LogP contribution in [0.3, 0.4) is 0 Å². The standard InChI is InChI=1S/C18H20N2O5/c1-22-14-7-9-15(10-8-14)25-12-17(21)20-19-11-13-5-4-6-16(23-2)18(13)24-3/h4-11H,12H2,1-3H3,(H,20,21)/b19-11+. The summed E-state index contributed by atoms with van der Waals surface area (Å²) < 4.78 is 20.9. The Morgan fingerprint density at radius 2 is 1.72 bits per heavy atom. The first-order valence-electron chi connectivity index (χ1n) is 7.47. The molecule has 0 unspecified atom stereocenters. The van der Waals surface area contributed by atoms with Gasteiger partial charge in [0.1, 0.15) is 11.5 Å². The average Bonchev–Trinajstić information content (AvgIpc) is 2.66. The van der Waals surface area contributed by atoms with E-state index in [1.807, 2.05) is 0 Å². The van der Waals surface area contributed by atoms with E-state index in [1.165, 1.54) is 13.3 Å². The molecular formula is C18H20N2O5. The molecule has 1 N–H and O–H groups in total. The van der Waals surface area contributed by atoms with Crippen LogP contribution in [-0.2, 0) is 4.79 Å². The van der Waals surface area contributed by atoms with Gasteiger partial charge in [0.2, 0.25) is 0 Å². The quantitative estimate of drug-likeness (QED) is 0.587. The van der Waals surface area contributed by atoms with Crippen molar-refractivity contribution in [3.05, 3.63) is 48.0 Å². The van der Waals surface area contributed by atoms with Gasteiger partial charge in [-0.25, -0.2) is 5.43 Å². The zero-order valence-corrected chi connectivity index (χ0v) is 14.3. The van der Waals surface area contributed by atoms with Gasteiger partial charge in [0, 0.05) is 5.56 Å². The number of nitrogens with one attached hydrogen (secondary N) is 1. The molecule has 0 bridgehead atoms. The summed E-state index contributed by atoms with van der Waals surface area (Å²) in [6.07, 6.45) is 1.48. The van der Waals surface area contributed by atoms with Gasteiger partial charge in [0.25, 0.3) is 5.91 Å². The Labute approximate surface area is 146 Å². The molecule has 132 valence electrons. The van der Waals surface area contributed by atoms with Crippen LogP contribution in [0.25, 0.3) is 0 Å². The van der Waals surface area contributed by atoms with Crippen molar-refractivity contribution in [2.45, 2.75) is 0 Å². The molecule has 0 aliphatic rings. The van der Waals surface area contributed by atoms with Gasteiger partial charge in [-0.15, -0.1) is 0 Å². The fraction of sp³-hybridized carbons (Fsp3) is 0.222. The highest BCUT2D eigenvalue weighted by Crippen LogP contribution is 2.29. The molecular weight excluding hydrogens is 324 g/mol. The first-order chi connectivity index (χ1) is 12.2. The third-order valence-corrected chi connectivity index (χ3v) is 3.26. The molecule has 0 aliphatic heterocycles. The van der Waals surface area contributed by atoms with Gasteiger partial charge in [-0.1, -0.05) is 6.07 Å². The fourth-order valence-corrected chi connectivity index (χ4v) is 2.04. The SMILES string of the molecule is COc1ccc(OCC(=O)N/N=C/c2cccc(OC)c2OC)cc1. The summed E-state index contributed by atoms with van der Waals surface area (Å²) in [6.45, 7) is -0.154. The van der Waals surface area contributed by atoms with Crippen LogP contribution in [0.4, 0.5) is 0 Å². The lowest BCUT2D eigenvalue weighted by molar-refractivity contribution is -0.123. The summed E-state index contributed by atoms with van der Waals surface area (Å²) >= 11 is 0. The molecule has 0 heterocycles. The molecule has 0 aliphatic carbocycles. The second-order valence-corrected chi connectivity index (χ2v) is 4.84. The van der Waals surface area contributed by atoms with Gasteiger partial charge < -0.3 is 18.9 Å². The molecule has 0 radical (unpaired) electrons. The number of methoxy groups -OCH3 is 3. The van der Waals surface area contributed by atoms with E-state index in [0.717, 1.165) is 0 Å². The van der Waals surface area contributed by atoms with Crippen molar-refractivity contribution in [3.63, 3.8) is 0 Å². The number of nitrogens with zero attached hydrogens (tertiary/aromatic N) is 1. The number of para-hydroxylation sites is 1. The van der Waals surface area contributed by atoms with Crippen molar-refractivity contribution in [3.8, 4) is 23.0 Å². The van der Waals surface area contributed by atoms with Crippen LogP contribution >= 0.6 is 0 Å². The highest BCUT2D eigenvalue weighted by molar-refractivity contribution is 5.86. The summed E-state index contributed by atoms with van der Waals surface area (Å²) in [5.74, 6) is 2.02. The molecule has 2 aromatic carbocycles. The highest BCUT2D eigenvalue weighted by atomic mass is 16.5. The maximum atomic E-state index is 11.8. The Hall–Kier alpha value is -3.22. The largest absolute Gasteiger partial charge is 0.497 e. The lowest BCUT2D eigenvalue weighted by Crippen LogP contribution is -2.24. The van der Waals surface area contributed by atoms with Crippen molar-refractivity contribution in [1.82, 2.24) is 5.43 Å². The number of hydrogen-bond acceptors (Lipinski definition) is 6. The minimum atomic E-state index is -0.381. The summed E-state index contributed by atoms with van der Waals surface area (Å²) in [7, 11) is 4.67. The van der Waals surface area contributed by atoms with E-state index in [-0.39, 0.29) is 12.5 Å². The molecule has 0 saturated carbocycles. The van der Waals surface area contributed by atoms with E-state index in [2.05, 4.69) is 10.5 Å². The molecule has 0 atom stereocenters. The maximum Gasteiger partial charge on any atom is 0.277 e. The summed E-state index contributed by atoms with van der Waals surface area (Å²) in [4.78, 5) is 11.8. The molecule has 0 fully saturated rings. The molecule has 25 heavy (non-hydrogen) atoms. The van der Waals surface area contributed by atoms with Gasteiger partial charge in [-0.3, -0.25) is 4.79 Å². The number of carbonyl (C=O) groups is 1. The van der Waals surface area contributed by atoms with Crippen LogP contribution < -0.4 is 24.4 Å². The van der Waals surface area contributed by atoms with Crippen LogP contribution in [0.5, 0.6) is 23.0 Å². The van der Waals surface area contributed by atoms with E-state index in [9.17, 15) is 4.79 Å². The number of carbonyl (C=O) groups excluding carboxylic acids is 1. The Bertz CT molecular complexity index is 729. The molecule has 0 saturated heterocycles. The minimum Gasteiger partial charge on any atom is -0.497 e. The van der Waals surface area contributed by atoms with E-state index in [1.54, 1.807) is 56.7 Å². The predicted octanol–water partition coefficient (Wildman–Crippen LogP) is 2.24. The van der Waals surface area contributed by atoms with Gasteiger partial charge >= 0.3 is 0 Å². The third-order valence-electron chi connectivity index (χ3n) is 3.26. The van der Waals surface area contributed by atoms with E-state index < -0.39 is 0 Å². The summed E-state index contributed by atoms with van der Waals surface area (Å²) in [5, 5.41) is 3.91. The Morgan fingerprint density at radius 1 is 1.00 bits per heavy atom. The topological polar surface area (TPSA) is 78.4 Å². The number of hydrogen-bond donors (Lipinski definition) is 1. The highest BCUT2D eigenvalue weighted by Gasteiger charge is 2.07. The second kappa shape index (κ2) is 9.17. The van der Waals surface area contributed by atoms with Gasteiger partial charge in [-0.05, 0) is 36.4 Å². The molecule has 0 aromatic heterocycles. The molecule has 0 spiro atoms. The van der Waals surface area contributed by atoms with Gasteiger partial charge in [0.15, 0.2) is 18.1 Å². The van der Waals surface area contributed by atoms with E-state index >= 15 is 0 Å². The molecule has 7 nitrogen and oxygen atoms in total. The van der Waals surface area contributed by atoms with Crippen molar-refractivity contribution >= 4 is 12.1 Å². The Balaban J connectivity index is 1.88. The zero-order valence-electron chi connectivity index (χ0n) is 14.3. The maximum absolute atomic E-state index is 11.8. The van der Waals surface area contributed by atoms with Crippen molar-refractivity contribution in [2.75, 3.05) is 27.9 Å². The number of ether oxygens (including phenoxy) is 4. The van der Waals surface area contributed by atoms with Crippen molar-refractivity contribution in [2.24, 2.45) is 5.10 Å². The van der Waals surface area contributed by atoms with Crippen LogP contribution in [-0.4, -0.2) is 40.1 Å². The predicted molar refractivity (Wildman–Crippen MR) is 93.8 cm³/mol. The van der Waals surface area contributed by atoms with Crippen LogP contribution in [0.2, 0.25) is 0 Å². The first-order valence-corrected chi connectivity index (χ1v) is 7.47. The van der Waals surface area contributed by atoms with Crippen LogP contribution in [0.15, 0.2) is 47.6 Å². The van der Waals surface area contributed by atoms with E-state index in [4.69, 9.17) is 18.9 Å². The first kappa shape index (κ1) is 18.1. The van der Waals surface area contributed by atoms with Crippen molar-refractivity contribution < 1.29 is 23.7 Å². The summed E-state index contributed by atoms with van der Waals surface area (Å²) in [5.41, 5.74) is 3.08. The lowest BCUT2D eigenvalue weighted by atomic mass is 10.2. The molecule has 2 rings (SSSR count). The fourth-order valence-electron chi connectivity index (χ4n) is 2.04. The van der Waals surface area contributed by atoms with Gasteiger partial charge in [0.05, 0.1) is 27.5 Å². The number of benzene rings is 2. The Kier molecular flexibility index (Phi) is 6.65. The average molecular weight is 344 g/mol. The monoisotopic (exact) mass is 344 g/mol. The summed E-state index contributed by atoms with van der Waals surface area (Å²) in [6, 6.07) is 12.3. The second-order valence-electron chi connectivity index (χ2n) is 4.84. The molecule has 7 heteroatoms. The Morgan fingerprint density at radius 3 is 2.36 bits per heavy atom. The smallest absolute Gasteiger partial charge is 0.277 e. The minimum absolute atomic E-state index is 0.154. The number of rotatable bonds is 8. The third kappa shape index (κ3) is 5.13. The molecule has 1 amide bonds. The molecule has 2 aromatic rings. The van der Waals surface area contributed by atoms with Crippen molar-refractivity contribution in [1.29, 1.82) is 0 Å². The zero-order chi connectivity index (χ0) is 18.1. The number of hydrazone groups is 1.